The minimum atomic E-state index is -3.68. The van der Waals surface area contributed by atoms with Crippen LogP contribution in [0.4, 0.5) is 11.4 Å². The van der Waals surface area contributed by atoms with E-state index < -0.39 is 10.2 Å². The summed E-state index contributed by atoms with van der Waals surface area (Å²) in [5.74, 6) is 0.419. The van der Waals surface area contributed by atoms with Crippen molar-refractivity contribution in [1.29, 1.82) is 0 Å². The van der Waals surface area contributed by atoms with Crippen LogP contribution in [0.3, 0.4) is 0 Å². The van der Waals surface area contributed by atoms with Crippen LogP contribution in [0.2, 0.25) is 0 Å². The standard InChI is InChI=1S/C13H21N3O4S/c1-9-7-16(8-10(2)20-9)21(17,18)15-12-6-11(14)4-5-13(12)19-3/h4-6,9-10,15H,7-8,14H2,1-3H3. The molecule has 0 saturated carbocycles. The van der Waals surface area contributed by atoms with Crippen molar-refractivity contribution >= 4 is 21.6 Å². The molecule has 1 heterocycles. The van der Waals surface area contributed by atoms with Crippen molar-refractivity contribution in [3.63, 3.8) is 0 Å². The van der Waals surface area contributed by atoms with Crippen LogP contribution in [-0.2, 0) is 14.9 Å². The predicted molar refractivity (Wildman–Crippen MR) is 81.5 cm³/mol. The number of hydrogen-bond acceptors (Lipinski definition) is 5. The number of hydrogen-bond donors (Lipinski definition) is 2. The zero-order valence-corrected chi connectivity index (χ0v) is 13.2. The summed E-state index contributed by atoms with van der Waals surface area (Å²) in [5, 5.41) is 0. The molecule has 2 rings (SSSR count). The van der Waals surface area contributed by atoms with Gasteiger partial charge in [-0.3, -0.25) is 4.72 Å². The van der Waals surface area contributed by atoms with Crippen molar-refractivity contribution in [2.75, 3.05) is 30.7 Å². The summed E-state index contributed by atoms with van der Waals surface area (Å²) in [4.78, 5) is 0. The van der Waals surface area contributed by atoms with Gasteiger partial charge in [-0.05, 0) is 32.0 Å². The fourth-order valence-corrected chi connectivity index (χ4v) is 3.71. The molecule has 1 aliphatic heterocycles. The summed E-state index contributed by atoms with van der Waals surface area (Å²) in [5.41, 5.74) is 6.48. The van der Waals surface area contributed by atoms with E-state index in [9.17, 15) is 8.42 Å². The van der Waals surface area contributed by atoms with Gasteiger partial charge in [-0.15, -0.1) is 0 Å². The Morgan fingerprint density at radius 3 is 2.52 bits per heavy atom. The van der Waals surface area contributed by atoms with Crippen LogP contribution in [0.25, 0.3) is 0 Å². The summed E-state index contributed by atoms with van der Waals surface area (Å²) < 4.78 is 39.6. The van der Waals surface area contributed by atoms with Gasteiger partial charge in [-0.1, -0.05) is 0 Å². The van der Waals surface area contributed by atoms with Gasteiger partial charge in [-0.2, -0.15) is 12.7 Å². The fraction of sp³-hybridized carbons (Fsp3) is 0.538. The minimum absolute atomic E-state index is 0.145. The van der Waals surface area contributed by atoms with Gasteiger partial charge in [0, 0.05) is 18.8 Å². The lowest BCUT2D eigenvalue weighted by atomic mass is 10.2. The maximum absolute atomic E-state index is 12.5. The molecule has 0 radical (unpaired) electrons. The van der Waals surface area contributed by atoms with E-state index in [2.05, 4.69) is 4.72 Å². The van der Waals surface area contributed by atoms with E-state index in [4.69, 9.17) is 15.2 Å². The third-order valence-corrected chi connectivity index (χ3v) is 4.64. The van der Waals surface area contributed by atoms with E-state index in [1.165, 1.54) is 17.5 Å². The SMILES string of the molecule is COc1ccc(N)cc1NS(=O)(=O)N1CC(C)OC(C)C1. The predicted octanol–water partition coefficient (Wildman–Crippen LogP) is 1.04. The number of rotatable bonds is 4. The summed E-state index contributed by atoms with van der Waals surface area (Å²) in [6.45, 7) is 4.31. The van der Waals surface area contributed by atoms with E-state index in [1.807, 2.05) is 13.8 Å². The van der Waals surface area contributed by atoms with E-state index in [0.29, 0.717) is 30.2 Å². The zero-order valence-electron chi connectivity index (χ0n) is 12.4. The van der Waals surface area contributed by atoms with Gasteiger partial charge in [0.25, 0.3) is 0 Å². The second-order valence-corrected chi connectivity index (χ2v) is 6.81. The molecule has 1 aromatic carbocycles. The van der Waals surface area contributed by atoms with Crippen LogP contribution >= 0.6 is 0 Å². The molecule has 2 atom stereocenters. The van der Waals surface area contributed by atoms with Gasteiger partial charge < -0.3 is 15.2 Å². The van der Waals surface area contributed by atoms with Crippen LogP contribution < -0.4 is 15.2 Å². The molecule has 2 unspecified atom stereocenters. The van der Waals surface area contributed by atoms with Crippen LogP contribution in [0.15, 0.2) is 18.2 Å². The molecule has 3 N–H and O–H groups in total. The topological polar surface area (TPSA) is 93.9 Å². The number of ether oxygens (including phenoxy) is 2. The van der Waals surface area contributed by atoms with Crippen LogP contribution in [0, 0.1) is 0 Å². The molecule has 0 amide bonds. The molecule has 0 spiro atoms. The number of morpholine rings is 1. The molecule has 21 heavy (non-hydrogen) atoms. The van der Waals surface area contributed by atoms with E-state index in [-0.39, 0.29) is 12.2 Å². The van der Waals surface area contributed by atoms with Gasteiger partial charge in [0.1, 0.15) is 5.75 Å². The highest BCUT2D eigenvalue weighted by Crippen LogP contribution is 2.28. The summed E-state index contributed by atoms with van der Waals surface area (Å²) in [6, 6.07) is 4.80. The molecular formula is C13H21N3O4S. The summed E-state index contributed by atoms with van der Waals surface area (Å²) in [7, 11) is -2.21. The van der Waals surface area contributed by atoms with Gasteiger partial charge in [0.15, 0.2) is 0 Å². The second-order valence-electron chi connectivity index (χ2n) is 5.14. The molecule has 8 heteroatoms. The second kappa shape index (κ2) is 6.08. The van der Waals surface area contributed by atoms with Crippen molar-refractivity contribution < 1.29 is 17.9 Å². The number of nitrogens with one attached hydrogen (secondary N) is 1. The molecule has 1 fully saturated rings. The van der Waals surface area contributed by atoms with E-state index in [0.717, 1.165) is 0 Å². The third kappa shape index (κ3) is 3.78. The molecule has 0 aromatic heterocycles. The molecule has 1 aliphatic rings. The highest BCUT2D eigenvalue weighted by molar-refractivity contribution is 7.90. The Kier molecular flexibility index (Phi) is 4.60. The molecule has 1 aromatic rings. The number of nitrogen functional groups attached to an aromatic ring is 1. The number of nitrogens with zero attached hydrogens (tertiary/aromatic N) is 1. The molecule has 7 nitrogen and oxygen atoms in total. The molecule has 118 valence electrons. The average molecular weight is 315 g/mol. The highest BCUT2D eigenvalue weighted by atomic mass is 32.2. The number of benzene rings is 1. The van der Waals surface area contributed by atoms with Crippen molar-refractivity contribution in [3.05, 3.63) is 18.2 Å². The van der Waals surface area contributed by atoms with Gasteiger partial charge in [0.05, 0.1) is 25.0 Å². The highest BCUT2D eigenvalue weighted by Gasteiger charge is 2.31. The van der Waals surface area contributed by atoms with Crippen molar-refractivity contribution in [3.8, 4) is 5.75 Å². The van der Waals surface area contributed by atoms with E-state index in [1.54, 1.807) is 12.1 Å². The van der Waals surface area contributed by atoms with E-state index >= 15 is 0 Å². The average Bonchev–Trinajstić information content (AvgIpc) is 2.37. The Hall–Kier alpha value is -1.51. The first-order valence-corrected chi connectivity index (χ1v) is 8.12. The van der Waals surface area contributed by atoms with Crippen LogP contribution in [0.5, 0.6) is 5.75 Å². The first-order valence-electron chi connectivity index (χ1n) is 6.68. The molecule has 0 bridgehead atoms. The Balaban J connectivity index is 2.23. The fourth-order valence-electron chi connectivity index (χ4n) is 2.34. The Labute approximate surface area is 125 Å². The smallest absolute Gasteiger partial charge is 0.301 e. The molecular weight excluding hydrogens is 294 g/mol. The molecule has 0 aliphatic carbocycles. The van der Waals surface area contributed by atoms with Crippen molar-refractivity contribution in [2.45, 2.75) is 26.1 Å². The van der Waals surface area contributed by atoms with Gasteiger partial charge in [-0.25, -0.2) is 0 Å². The number of nitrogens with two attached hydrogens (primary N) is 1. The van der Waals surface area contributed by atoms with Gasteiger partial charge in [0.2, 0.25) is 0 Å². The van der Waals surface area contributed by atoms with Crippen molar-refractivity contribution in [1.82, 2.24) is 4.31 Å². The molecule has 1 saturated heterocycles. The lowest BCUT2D eigenvalue weighted by Gasteiger charge is -2.34. The normalized spacial score (nSPS) is 23.8. The Morgan fingerprint density at radius 2 is 1.95 bits per heavy atom. The third-order valence-electron chi connectivity index (χ3n) is 3.19. The largest absolute Gasteiger partial charge is 0.495 e. The zero-order chi connectivity index (χ0) is 15.6. The Bertz CT molecular complexity index is 595. The lowest BCUT2D eigenvalue weighted by molar-refractivity contribution is -0.0439. The number of anilines is 2. The quantitative estimate of drug-likeness (QED) is 0.810. The first-order chi connectivity index (χ1) is 9.81. The maximum atomic E-state index is 12.5. The minimum Gasteiger partial charge on any atom is -0.495 e. The first kappa shape index (κ1) is 15.9. The lowest BCUT2D eigenvalue weighted by Crippen LogP contribution is -2.49. The summed E-state index contributed by atoms with van der Waals surface area (Å²) in [6.07, 6.45) is -0.291. The Morgan fingerprint density at radius 1 is 1.33 bits per heavy atom. The number of methoxy groups -OCH3 is 1. The van der Waals surface area contributed by atoms with Gasteiger partial charge >= 0.3 is 10.2 Å². The maximum Gasteiger partial charge on any atom is 0.301 e. The van der Waals surface area contributed by atoms with Crippen LogP contribution in [-0.4, -0.2) is 45.1 Å². The summed E-state index contributed by atoms with van der Waals surface area (Å²) >= 11 is 0. The monoisotopic (exact) mass is 315 g/mol. The van der Waals surface area contributed by atoms with Crippen molar-refractivity contribution in [2.24, 2.45) is 0 Å². The van der Waals surface area contributed by atoms with Crippen LogP contribution in [0.1, 0.15) is 13.8 Å².